The van der Waals surface area contributed by atoms with E-state index in [-0.39, 0.29) is 11.8 Å². The lowest BCUT2D eigenvalue weighted by Gasteiger charge is -2.23. The van der Waals surface area contributed by atoms with Crippen LogP contribution in [-0.2, 0) is 20.8 Å². The molecule has 0 aromatic heterocycles. The molecule has 0 aliphatic heterocycles. The topological polar surface area (TPSA) is 113 Å². The molecule has 0 bridgehead atoms. The Morgan fingerprint density at radius 2 is 1.79 bits per heavy atom. The number of benzene rings is 1. The molecule has 154 valence electrons. The summed E-state index contributed by atoms with van der Waals surface area (Å²) >= 11 is 0. The number of nitrogens with one attached hydrogen (secondary N) is 3. The Labute approximate surface area is 167 Å². The fourth-order valence-electron chi connectivity index (χ4n) is 2.73. The van der Waals surface area contributed by atoms with Crippen molar-refractivity contribution in [1.82, 2.24) is 16.0 Å². The van der Waals surface area contributed by atoms with Crippen LogP contribution >= 0.6 is 0 Å². The first-order valence-corrected chi connectivity index (χ1v) is 9.66. The molecule has 1 aromatic carbocycles. The van der Waals surface area contributed by atoms with Crippen LogP contribution in [-0.4, -0.2) is 49.3 Å². The molecule has 0 saturated carbocycles. The van der Waals surface area contributed by atoms with Gasteiger partial charge in [-0.25, -0.2) is 0 Å². The van der Waals surface area contributed by atoms with Gasteiger partial charge in [0.15, 0.2) is 0 Å². The molecule has 3 atom stereocenters. The number of carbonyl (C=O) groups excluding carboxylic acids is 3. The van der Waals surface area contributed by atoms with Crippen molar-refractivity contribution >= 4 is 18.1 Å². The second kappa shape index (κ2) is 13.6. The van der Waals surface area contributed by atoms with Crippen molar-refractivity contribution in [3.8, 4) is 0 Å². The van der Waals surface area contributed by atoms with Crippen LogP contribution in [0.2, 0.25) is 0 Å². The van der Waals surface area contributed by atoms with E-state index >= 15 is 0 Å². The number of rotatable bonds is 14. The normalized spacial score (nSPS) is 13.8. The van der Waals surface area contributed by atoms with Crippen molar-refractivity contribution in [2.45, 2.75) is 50.7 Å². The van der Waals surface area contributed by atoms with Crippen molar-refractivity contribution in [1.29, 1.82) is 0 Å². The molecule has 7 nitrogen and oxygen atoms in total. The van der Waals surface area contributed by atoms with Gasteiger partial charge in [0, 0.05) is 6.54 Å². The molecule has 5 N–H and O–H groups in total. The summed E-state index contributed by atoms with van der Waals surface area (Å²) in [5.41, 5.74) is 6.54. The van der Waals surface area contributed by atoms with Crippen molar-refractivity contribution in [2.75, 3.05) is 13.1 Å². The summed E-state index contributed by atoms with van der Waals surface area (Å²) in [6.45, 7) is 6.26. The summed E-state index contributed by atoms with van der Waals surface area (Å²) in [6.07, 6.45) is 4.74. The fraction of sp³-hybridized carbons (Fsp3) is 0.476. The number of hydrogen-bond donors (Lipinski definition) is 4. The number of nitrogens with two attached hydrogens (primary N) is 1. The number of amides is 2. The van der Waals surface area contributed by atoms with Gasteiger partial charge in [-0.1, -0.05) is 36.4 Å². The predicted molar refractivity (Wildman–Crippen MR) is 111 cm³/mol. The molecule has 0 spiro atoms. The summed E-state index contributed by atoms with van der Waals surface area (Å²) in [5, 5.41) is 8.58. The van der Waals surface area contributed by atoms with Crippen LogP contribution in [0.3, 0.4) is 0 Å². The molecule has 28 heavy (non-hydrogen) atoms. The first-order valence-electron chi connectivity index (χ1n) is 9.66. The predicted octanol–water partition coefficient (Wildman–Crippen LogP) is 0.691. The molecule has 0 heterocycles. The van der Waals surface area contributed by atoms with Crippen molar-refractivity contribution in [3.63, 3.8) is 0 Å². The van der Waals surface area contributed by atoms with Crippen LogP contribution in [0, 0.1) is 0 Å². The van der Waals surface area contributed by atoms with Crippen molar-refractivity contribution < 1.29 is 14.4 Å². The maximum atomic E-state index is 12.9. The highest BCUT2D eigenvalue weighted by Gasteiger charge is 2.25. The summed E-state index contributed by atoms with van der Waals surface area (Å²) in [7, 11) is 0. The van der Waals surface area contributed by atoms with E-state index in [0.717, 1.165) is 12.0 Å². The van der Waals surface area contributed by atoms with E-state index in [1.807, 2.05) is 30.3 Å². The largest absolute Gasteiger partial charge is 0.345 e. The average Bonchev–Trinajstić information content (AvgIpc) is 2.70. The maximum Gasteiger partial charge on any atom is 0.243 e. The second-order valence-electron chi connectivity index (χ2n) is 6.72. The van der Waals surface area contributed by atoms with Gasteiger partial charge < -0.3 is 26.5 Å². The van der Waals surface area contributed by atoms with Gasteiger partial charge >= 0.3 is 0 Å². The Balaban J connectivity index is 2.83. The Hall–Kier alpha value is -2.51. The maximum absolute atomic E-state index is 12.9. The van der Waals surface area contributed by atoms with Gasteiger partial charge in [0.1, 0.15) is 12.3 Å². The van der Waals surface area contributed by atoms with Crippen molar-refractivity contribution in [3.05, 3.63) is 48.6 Å². The Morgan fingerprint density at radius 1 is 1.11 bits per heavy atom. The molecular formula is C21H32N4O3. The lowest BCUT2D eigenvalue weighted by atomic mass is 10.0. The number of hydrogen-bond acceptors (Lipinski definition) is 5. The number of unbranched alkanes of at least 4 members (excludes halogenated alkanes) is 1. The molecule has 1 rings (SSSR count). The minimum absolute atomic E-state index is 0.266. The highest BCUT2D eigenvalue weighted by Crippen LogP contribution is 2.06. The summed E-state index contributed by atoms with van der Waals surface area (Å²) in [5.74, 6) is -0.635. The molecule has 0 fully saturated rings. The smallest absolute Gasteiger partial charge is 0.243 e. The van der Waals surface area contributed by atoms with Crippen LogP contribution in [0.1, 0.15) is 31.7 Å². The molecule has 0 radical (unpaired) electrons. The molecule has 0 aliphatic rings. The summed E-state index contributed by atoms with van der Waals surface area (Å²) in [4.78, 5) is 36.2. The first-order chi connectivity index (χ1) is 13.5. The van der Waals surface area contributed by atoms with Crippen LogP contribution in [0.15, 0.2) is 43.0 Å². The molecular weight excluding hydrogens is 356 g/mol. The monoisotopic (exact) mass is 388 g/mol. The van der Waals surface area contributed by atoms with Gasteiger partial charge in [-0.3, -0.25) is 9.59 Å². The summed E-state index contributed by atoms with van der Waals surface area (Å²) < 4.78 is 0. The lowest BCUT2D eigenvalue weighted by Crippen LogP contribution is -2.54. The minimum atomic E-state index is -0.717. The zero-order valence-electron chi connectivity index (χ0n) is 16.5. The zero-order chi connectivity index (χ0) is 20.8. The van der Waals surface area contributed by atoms with Gasteiger partial charge in [-0.05, 0) is 44.7 Å². The third-order valence-electron chi connectivity index (χ3n) is 4.26. The zero-order valence-corrected chi connectivity index (χ0v) is 16.5. The highest BCUT2D eigenvalue weighted by atomic mass is 16.2. The van der Waals surface area contributed by atoms with Crippen LogP contribution in [0.5, 0.6) is 0 Å². The summed E-state index contributed by atoms with van der Waals surface area (Å²) in [6, 6.07) is 7.82. The quantitative estimate of drug-likeness (QED) is 0.213. The standard InChI is InChI=1S/C21H32N4O3/c1-3-13-23-19(14-17-9-5-4-6-10-17)21(28)25-18(11-7-8-12-22)20(27)24-16(2)15-26/h3-6,9-10,15-16,18-19,23H,1,7-8,11-14,22H2,2H3,(H,24,27)(H,25,28)/t16-,18-,19-/m0/s1. The van der Waals surface area contributed by atoms with E-state index in [9.17, 15) is 14.4 Å². The van der Waals surface area contributed by atoms with Crippen LogP contribution in [0.25, 0.3) is 0 Å². The van der Waals surface area contributed by atoms with E-state index in [4.69, 9.17) is 5.73 Å². The van der Waals surface area contributed by atoms with E-state index in [1.165, 1.54) is 0 Å². The lowest BCUT2D eigenvalue weighted by molar-refractivity contribution is -0.131. The fourth-order valence-corrected chi connectivity index (χ4v) is 2.73. The molecule has 2 amide bonds. The van der Waals surface area contributed by atoms with E-state index < -0.39 is 18.1 Å². The third-order valence-corrected chi connectivity index (χ3v) is 4.26. The van der Waals surface area contributed by atoms with Gasteiger partial charge in [0.05, 0.1) is 12.1 Å². The number of aldehydes is 1. The number of carbonyl (C=O) groups is 3. The molecule has 0 saturated heterocycles. The molecule has 7 heteroatoms. The van der Waals surface area contributed by atoms with Gasteiger partial charge in [-0.2, -0.15) is 0 Å². The van der Waals surface area contributed by atoms with E-state index in [2.05, 4.69) is 22.5 Å². The average molecular weight is 389 g/mol. The molecule has 0 aliphatic carbocycles. The SMILES string of the molecule is C=CCN[C@@H](Cc1ccccc1)C(=O)N[C@@H](CCCCN)C(=O)N[C@@H](C)C=O. The first kappa shape index (κ1) is 23.5. The second-order valence-corrected chi connectivity index (χ2v) is 6.72. The minimum Gasteiger partial charge on any atom is -0.345 e. The van der Waals surface area contributed by atoms with Crippen LogP contribution in [0.4, 0.5) is 0 Å². The van der Waals surface area contributed by atoms with Gasteiger partial charge in [-0.15, -0.1) is 6.58 Å². The Morgan fingerprint density at radius 3 is 2.39 bits per heavy atom. The Bertz CT molecular complexity index is 621. The van der Waals surface area contributed by atoms with Gasteiger partial charge in [0.25, 0.3) is 0 Å². The third kappa shape index (κ3) is 8.92. The van der Waals surface area contributed by atoms with Crippen LogP contribution < -0.4 is 21.7 Å². The van der Waals surface area contributed by atoms with Gasteiger partial charge in [0.2, 0.25) is 11.8 Å². The van der Waals surface area contributed by atoms with E-state index in [0.29, 0.717) is 38.6 Å². The molecule has 1 aromatic rings. The van der Waals surface area contributed by atoms with Crippen molar-refractivity contribution in [2.24, 2.45) is 5.73 Å². The highest BCUT2D eigenvalue weighted by molar-refractivity contribution is 5.90. The Kier molecular flexibility index (Phi) is 11.5. The molecule has 0 unspecified atom stereocenters. The van der Waals surface area contributed by atoms with E-state index in [1.54, 1.807) is 13.0 Å².